The minimum Gasteiger partial charge on any atom is -0.354 e. The van der Waals surface area contributed by atoms with E-state index < -0.39 is 6.04 Å². The fraction of sp³-hybridized carbons (Fsp3) is 0.600. The molecule has 0 bridgehead atoms. The molecule has 2 amide bonds. The third-order valence-corrected chi connectivity index (χ3v) is 4.78. The molecule has 1 aliphatic carbocycles. The van der Waals surface area contributed by atoms with E-state index in [-0.39, 0.29) is 23.7 Å². The second kappa shape index (κ2) is 9.45. The van der Waals surface area contributed by atoms with E-state index in [0.29, 0.717) is 6.54 Å². The second-order valence-corrected chi connectivity index (χ2v) is 7.09. The van der Waals surface area contributed by atoms with Crippen molar-refractivity contribution in [3.63, 3.8) is 0 Å². The molecule has 2 N–H and O–H groups in total. The molecular formula is C20H30N2O2. The quantitative estimate of drug-likeness (QED) is 0.807. The molecule has 0 unspecified atom stereocenters. The summed E-state index contributed by atoms with van der Waals surface area (Å²) in [4.78, 5) is 24.9. The van der Waals surface area contributed by atoms with Gasteiger partial charge in [0.1, 0.15) is 6.04 Å². The van der Waals surface area contributed by atoms with Gasteiger partial charge >= 0.3 is 0 Å². The van der Waals surface area contributed by atoms with Crippen LogP contribution in [0.5, 0.6) is 0 Å². The van der Waals surface area contributed by atoms with Crippen LogP contribution in [0.15, 0.2) is 30.3 Å². The SMILES string of the molecule is CC(C)[C@H](NC(=O)C1CCCCC1)C(=O)NCCc1ccccc1. The van der Waals surface area contributed by atoms with Crippen molar-refractivity contribution in [2.75, 3.05) is 6.54 Å². The van der Waals surface area contributed by atoms with E-state index in [2.05, 4.69) is 22.8 Å². The highest BCUT2D eigenvalue weighted by Crippen LogP contribution is 2.24. The van der Waals surface area contributed by atoms with Gasteiger partial charge in [0.2, 0.25) is 11.8 Å². The zero-order chi connectivity index (χ0) is 17.4. The fourth-order valence-corrected chi connectivity index (χ4v) is 3.26. The van der Waals surface area contributed by atoms with Gasteiger partial charge in [0, 0.05) is 12.5 Å². The topological polar surface area (TPSA) is 58.2 Å². The van der Waals surface area contributed by atoms with Crippen molar-refractivity contribution in [3.8, 4) is 0 Å². The molecule has 0 aliphatic heterocycles. The van der Waals surface area contributed by atoms with Crippen molar-refractivity contribution in [2.24, 2.45) is 11.8 Å². The molecular weight excluding hydrogens is 300 g/mol. The highest BCUT2D eigenvalue weighted by Gasteiger charge is 2.28. The molecule has 1 aliphatic rings. The number of carbonyl (C=O) groups excluding carboxylic acids is 2. The first-order valence-electron chi connectivity index (χ1n) is 9.20. The Labute approximate surface area is 145 Å². The van der Waals surface area contributed by atoms with Crippen LogP contribution in [-0.2, 0) is 16.0 Å². The molecule has 1 aromatic rings. The maximum absolute atomic E-state index is 12.5. The smallest absolute Gasteiger partial charge is 0.242 e. The van der Waals surface area contributed by atoms with Crippen LogP contribution in [0.4, 0.5) is 0 Å². The summed E-state index contributed by atoms with van der Waals surface area (Å²) >= 11 is 0. The van der Waals surface area contributed by atoms with Crippen molar-refractivity contribution in [3.05, 3.63) is 35.9 Å². The number of hydrogen-bond donors (Lipinski definition) is 2. The Morgan fingerprint density at radius 1 is 1.08 bits per heavy atom. The van der Waals surface area contributed by atoms with E-state index in [1.54, 1.807) is 0 Å². The summed E-state index contributed by atoms with van der Waals surface area (Å²) in [5.74, 6) is 0.128. The summed E-state index contributed by atoms with van der Waals surface area (Å²) in [6.07, 6.45) is 6.16. The highest BCUT2D eigenvalue weighted by atomic mass is 16.2. The Bertz CT molecular complexity index is 522. The van der Waals surface area contributed by atoms with Gasteiger partial charge < -0.3 is 10.6 Å². The summed E-state index contributed by atoms with van der Waals surface area (Å²) < 4.78 is 0. The summed E-state index contributed by atoms with van der Waals surface area (Å²) in [5, 5.41) is 5.95. The van der Waals surface area contributed by atoms with Gasteiger partial charge in [0.25, 0.3) is 0 Å². The van der Waals surface area contributed by atoms with Gasteiger partial charge in [0.15, 0.2) is 0 Å². The summed E-state index contributed by atoms with van der Waals surface area (Å²) in [5.41, 5.74) is 1.20. The van der Waals surface area contributed by atoms with E-state index in [1.165, 1.54) is 12.0 Å². The summed E-state index contributed by atoms with van der Waals surface area (Å²) in [7, 11) is 0. The Hall–Kier alpha value is -1.84. The molecule has 0 spiro atoms. The van der Waals surface area contributed by atoms with Gasteiger partial charge in [-0.2, -0.15) is 0 Å². The monoisotopic (exact) mass is 330 g/mol. The average molecular weight is 330 g/mol. The molecule has 0 aromatic heterocycles. The van der Waals surface area contributed by atoms with E-state index in [0.717, 1.165) is 32.1 Å². The number of hydrogen-bond acceptors (Lipinski definition) is 2. The number of benzene rings is 1. The molecule has 4 nitrogen and oxygen atoms in total. The zero-order valence-corrected chi connectivity index (χ0v) is 14.9. The molecule has 0 heterocycles. The number of amides is 2. The predicted octanol–water partition coefficient (Wildman–Crippen LogP) is 3.07. The van der Waals surface area contributed by atoms with Crippen LogP contribution in [0.2, 0.25) is 0 Å². The van der Waals surface area contributed by atoms with Crippen molar-refractivity contribution in [2.45, 2.75) is 58.4 Å². The standard InChI is InChI=1S/C20H30N2O2/c1-15(2)18(22-19(23)17-11-7-4-8-12-17)20(24)21-14-13-16-9-5-3-6-10-16/h3,5-6,9-10,15,17-18H,4,7-8,11-14H2,1-2H3,(H,21,24)(H,22,23)/t18-/m0/s1. The molecule has 2 rings (SSSR count). The van der Waals surface area contributed by atoms with Gasteiger partial charge in [-0.3, -0.25) is 9.59 Å². The fourth-order valence-electron chi connectivity index (χ4n) is 3.26. The molecule has 24 heavy (non-hydrogen) atoms. The van der Waals surface area contributed by atoms with Crippen LogP contribution in [-0.4, -0.2) is 24.4 Å². The molecule has 1 saturated carbocycles. The van der Waals surface area contributed by atoms with E-state index >= 15 is 0 Å². The number of carbonyl (C=O) groups is 2. The molecule has 132 valence electrons. The molecule has 0 radical (unpaired) electrons. The third kappa shape index (κ3) is 5.66. The van der Waals surface area contributed by atoms with Crippen molar-refractivity contribution in [1.29, 1.82) is 0 Å². The molecule has 1 fully saturated rings. The minimum absolute atomic E-state index is 0.0478. The van der Waals surface area contributed by atoms with E-state index in [1.807, 2.05) is 32.0 Å². The first-order chi connectivity index (χ1) is 11.6. The average Bonchev–Trinajstić information content (AvgIpc) is 2.60. The number of rotatable bonds is 7. The van der Waals surface area contributed by atoms with Gasteiger partial charge in [-0.15, -0.1) is 0 Å². The van der Waals surface area contributed by atoms with Gasteiger partial charge in [-0.05, 0) is 30.7 Å². The van der Waals surface area contributed by atoms with Crippen molar-refractivity contribution < 1.29 is 9.59 Å². The third-order valence-electron chi connectivity index (χ3n) is 4.78. The largest absolute Gasteiger partial charge is 0.354 e. The van der Waals surface area contributed by atoms with Crippen LogP contribution in [0, 0.1) is 11.8 Å². The Morgan fingerprint density at radius 3 is 2.38 bits per heavy atom. The van der Waals surface area contributed by atoms with Crippen LogP contribution in [0.25, 0.3) is 0 Å². The molecule has 1 aromatic carbocycles. The Morgan fingerprint density at radius 2 is 1.75 bits per heavy atom. The first kappa shape index (κ1) is 18.5. The number of nitrogens with one attached hydrogen (secondary N) is 2. The highest BCUT2D eigenvalue weighted by molar-refractivity contribution is 5.88. The second-order valence-electron chi connectivity index (χ2n) is 7.09. The van der Waals surface area contributed by atoms with Crippen molar-refractivity contribution >= 4 is 11.8 Å². The predicted molar refractivity (Wildman–Crippen MR) is 96.5 cm³/mol. The molecule has 0 saturated heterocycles. The lowest BCUT2D eigenvalue weighted by Gasteiger charge is -2.26. The van der Waals surface area contributed by atoms with Crippen LogP contribution in [0.3, 0.4) is 0 Å². The lowest BCUT2D eigenvalue weighted by atomic mass is 9.88. The summed E-state index contributed by atoms with van der Waals surface area (Å²) in [6, 6.07) is 9.64. The maximum atomic E-state index is 12.5. The maximum Gasteiger partial charge on any atom is 0.242 e. The first-order valence-corrected chi connectivity index (χ1v) is 9.20. The van der Waals surface area contributed by atoms with Gasteiger partial charge in [0.05, 0.1) is 0 Å². The molecule has 1 atom stereocenters. The van der Waals surface area contributed by atoms with Crippen LogP contribution >= 0.6 is 0 Å². The Balaban J connectivity index is 1.82. The Kier molecular flexibility index (Phi) is 7.29. The lowest BCUT2D eigenvalue weighted by molar-refractivity contribution is -0.132. The van der Waals surface area contributed by atoms with Gasteiger partial charge in [-0.1, -0.05) is 63.4 Å². The van der Waals surface area contributed by atoms with Crippen LogP contribution < -0.4 is 10.6 Å². The van der Waals surface area contributed by atoms with Gasteiger partial charge in [-0.25, -0.2) is 0 Å². The van der Waals surface area contributed by atoms with E-state index in [9.17, 15) is 9.59 Å². The minimum atomic E-state index is -0.449. The van der Waals surface area contributed by atoms with Crippen LogP contribution in [0.1, 0.15) is 51.5 Å². The van der Waals surface area contributed by atoms with Crippen molar-refractivity contribution in [1.82, 2.24) is 10.6 Å². The normalized spacial score (nSPS) is 16.6. The zero-order valence-electron chi connectivity index (χ0n) is 14.9. The molecule has 4 heteroatoms. The van der Waals surface area contributed by atoms with E-state index in [4.69, 9.17) is 0 Å². The summed E-state index contributed by atoms with van der Waals surface area (Å²) in [6.45, 7) is 4.54. The lowest BCUT2D eigenvalue weighted by Crippen LogP contribution is -2.51.